The number of nitrogens with one attached hydrogen (secondary N) is 1. The summed E-state index contributed by atoms with van der Waals surface area (Å²) in [6.07, 6.45) is -0.897. The maximum absolute atomic E-state index is 11.3. The number of carboxylic acid groups (broad SMARTS) is 1. The predicted octanol–water partition coefficient (Wildman–Crippen LogP) is -0.499. The summed E-state index contributed by atoms with van der Waals surface area (Å²) in [7, 11) is 0. The monoisotopic (exact) mass is 202 g/mol. The van der Waals surface area contributed by atoms with Crippen molar-refractivity contribution in [2.24, 2.45) is 0 Å². The summed E-state index contributed by atoms with van der Waals surface area (Å²) < 4.78 is 4.98. The first kappa shape index (κ1) is 10.8. The molecule has 2 N–H and O–H groups in total. The third kappa shape index (κ3) is 2.59. The van der Waals surface area contributed by atoms with Gasteiger partial charge in [0.2, 0.25) is 0 Å². The van der Waals surface area contributed by atoms with Crippen LogP contribution in [0.2, 0.25) is 0 Å². The van der Waals surface area contributed by atoms with Crippen molar-refractivity contribution >= 4 is 12.0 Å². The number of amides is 2. The molecule has 0 saturated carbocycles. The van der Waals surface area contributed by atoms with E-state index < -0.39 is 12.1 Å². The highest BCUT2D eigenvalue weighted by Crippen LogP contribution is 2.05. The topological polar surface area (TPSA) is 78.9 Å². The van der Waals surface area contributed by atoms with Crippen LogP contribution >= 0.6 is 0 Å². The van der Waals surface area contributed by atoms with Gasteiger partial charge in [0.15, 0.2) is 6.10 Å². The second kappa shape index (κ2) is 4.80. The Kier molecular flexibility index (Phi) is 3.70. The highest BCUT2D eigenvalue weighted by molar-refractivity contribution is 5.77. The van der Waals surface area contributed by atoms with Crippen molar-refractivity contribution in [3.8, 4) is 0 Å². The molecule has 0 aliphatic carbocycles. The molecular weight excluding hydrogens is 188 g/mol. The second-order valence-corrected chi connectivity index (χ2v) is 2.98. The van der Waals surface area contributed by atoms with Crippen molar-refractivity contribution in [2.75, 3.05) is 26.2 Å². The van der Waals surface area contributed by atoms with Gasteiger partial charge in [-0.1, -0.05) is 0 Å². The first-order chi connectivity index (χ1) is 6.65. The average Bonchev–Trinajstić information content (AvgIpc) is 2.18. The van der Waals surface area contributed by atoms with Gasteiger partial charge in [-0.3, -0.25) is 0 Å². The Morgan fingerprint density at radius 2 is 2.36 bits per heavy atom. The molecule has 0 aromatic heterocycles. The number of aliphatic carboxylic acids is 1. The zero-order valence-electron chi connectivity index (χ0n) is 8.02. The van der Waals surface area contributed by atoms with Crippen LogP contribution in [0.15, 0.2) is 0 Å². The first-order valence-corrected chi connectivity index (χ1v) is 4.52. The highest BCUT2D eigenvalue weighted by atomic mass is 16.5. The molecule has 1 atom stereocenters. The lowest BCUT2D eigenvalue weighted by atomic mass is 10.3. The van der Waals surface area contributed by atoms with Crippen LogP contribution in [0, 0.1) is 0 Å². The van der Waals surface area contributed by atoms with Gasteiger partial charge in [0.1, 0.15) is 0 Å². The van der Waals surface area contributed by atoms with E-state index in [0.29, 0.717) is 13.1 Å². The van der Waals surface area contributed by atoms with Crippen molar-refractivity contribution in [3.05, 3.63) is 0 Å². The molecular formula is C8H14N2O4. The van der Waals surface area contributed by atoms with Crippen LogP contribution < -0.4 is 5.32 Å². The maximum Gasteiger partial charge on any atom is 0.334 e. The molecule has 0 radical (unpaired) electrons. The van der Waals surface area contributed by atoms with Crippen LogP contribution in [0.3, 0.4) is 0 Å². The SMILES string of the molecule is CCNC(=O)N1CCOC(C(=O)O)C1. The minimum Gasteiger partial charge on any atom is -0.479 e. The van der Waals surface area contributed by atoms with Crippen LogP contribution in [0.25, 0.3) is 0 Å². The van der Waals surface area contributed by atoms with Gasteiger partial charge < -0.3 is 20.1 Å². The van der Waals surface area contributed by atoms with E-state index >= 15 is 0 Å². The molecule has 14 heavy (non-hydrogen) atoms. The molecule has 6 heteroatoms. The summed E-state index contributed by atoms with van der Waals surface area (Å²) in [5, 5.41) is 11.3. The quantitative estimate of drug-likeness (QED) is 0.632. The van der Waals surface area contributed by atoms with Gasteiger partial charge in [-0.25, -0.2) is 9.59 Å². The number of carboxylic acids is 1. The molecule has 1 heterocycles. The zero-order chi connectivity index (χ0) is 10.6. The van der Waals surface area contributed by atoms with E-state index in [1.807, 2.05) is 6.92 Å². The molecule has 0 spiro atoms. The van der Waals surface area contributed by atoms with Crippen LogP contribution in [-0.4, -0.2) is 54.4 Å². The summed E-state index contributed by atoms with van der Waals surface area (Å²) in [5.41, 5.74) is 0. The van der Waals surface area contributed by atoms with Gasteiger partial charge in [0, 0.05) is 13.1 Å². The number of ether oxygens (including phenoxy) is 1. The summed E-state index contributed by atoms with van der Waals surface area (Å²) in [4.78, 5) is 23.4. The average molecular weight is 202 g/mol. The van der Waals surface area contributed by atoms with E-state index in [2.05, 4.69) is 5.32 Å². The van der Waals surface area contributed by atoms with Crippen LogP contribution in [0.5, 0.6) is 0 Å². The molecule has 0 aromatic rings. The molecule has 1 rings (SSSR count). The van der Waals surface area contributed by atoms with E-state index in [1.165, 1.54) is 4.90 Å². The third-order valence-electron chi connectivity index (χ3n) is 1.96. The maximum atomic E-state index is 11.3. The number of carbonyl (C=O) groups excluding carboxylic acids is 1. The predicted molar refractivity (Wildman–Crippen MR) is 48.0 cm³/mol. The van der Waals surface area contributed by atoms with Gasteiger partial charge in [-0.2, -0.15) is 0 Å². The third-order valence-corrected chi connectivity index (χ3v) is 1.96. The molecule has 80 valence electrons. The highest BCUT2D eigenvalue weighted by Gasteiger charge is 2.28. The Bertz CT molecular complexity index is 231. The van der Waals surface area contributed by atoms with Crippen LogP contribution in [0.4, 0.5) is 4.79 Å². The second-order valence-electron chi connectivity index (χ2n) is 2.98. The van der Waals surface area contributed by atoms with E-state index in [-0.39, 0.29) is 19.2 Å². The van der Waals surface area contributed by atoms with Crippen molar-refractivity contribution < 1.29 is 19.4 Å². The van der Waals surface area contributed by atoms with Crippen molar-refractivity contribution in [3.63, 3.8) is 0 Å². The summed E-state index contributed by atoms with van der Waals surface area (Å²) >= 11 is 0. The lowest BCUT2D eigenvalue weighted by Crippen LogP contribution is -2.51. The number of morpholine rings is 1. The minimum atomic E-state index is -1.03. The molecule has 0 aromatic carbocycles. The fourth-order valence-corrected chi connectivity index (χ4v) is 1.25. The smallest absolute Gasteiger partial charge is 0.334 e. The number of rotatable bonds is 2. The Morgan fingerprint density at radius 3 is 2.93 bits per heavy atom. The number of hydrogen-bond acceptors (Lipinski definition) is 3. The van der Waals surface area contributed by atoms with Gasteiger partial charge in [0.05, 0.1) is 13.2 Å². The number of hydrogen-bond donors (Lipinski definition) is 2. The van der Waals surface area contributed by atoms with Crippen molar-refractivity contribution in [2.45, 2.75) is 13.0 Å². The van der Waals surface area contributed by atoms with Gasteiger partial charge in [0.25, 0.3) is 0 Å². The normalized spacial score (nSPS) is 21.8. The van der Waals surface area contributed by atoms with Crippen molar-refractivity contribution in [1.82, 2.24) is 10.2 Å². The molecule has 1 unspecified atom stereocenters. The number of urea groups is 1. The van der Waals surface area contributed by atoms with E-state index in [9.17, 15) is 9.59 Å². The molecule has 0 bridgehead atoms. The Morgan fingerprint density at radius 1 is 1.64 bits per heavy atom. The largest absolute Gasteiger partial charge is 0.479 e. The van der Waals surface area contributed by atoms with Gasteiger partial charge in [-0.05, 0) is 6.92 Å². The molecule has 1 aliphatic rings. The molecule has 1 fully saturated rings. The lowest BCUT2D eigenvalue weighted by Gasteiger charge is -2.30. The molecule has 1 aliphatic heterocycles. The summed E-state index contributed by atoms with van der Waals surface area (Å²) in [6.45, 7) is 3.17. The number of carbonyl (C=O) groups is 2. The fourth-order valence-electron chi connectivity index (χ4n) is 1.25. The standard InChI is InChI=1S/C8H14N2O4/c1-2-9-8(13)10-3-4-14-6(5-10)7(11)12/h6H,2-5H2,1H3,(H,9,13)(H,11,12). The number of nitrogens with zero attached hydrogens (tertiary/aromatic N) is 1. The Balaban J connectivity index is 2.47. The van der Waals surface area contributed by atoms with E-state index in [4.69, 9.17) is 9.84 Å². The fraction of sp³-hybridized carbons (Fsp3) is 0.750. The summed E-state index contributed by atoms with van der Waals surface area (Å²) in [5.74, 6) is -1.03. The lowest BCUT2D eigenvalue weighted by molar-refractivity contribution is -0.154. The first-order valence-electron chi connectivity index (χ1n) is 4.52. The van der Waals surface area contributed by atoms with Crippen LogP contribution in [-0.2, 0) is 9.53 Å². The Hall–Kier alpha value is -1.30. The Labute approximate surface area is 81.8 Å². The van der Waals surface area contributed by atoms with Gasteiger partial charge >= 0.3 is 12.0 Å². The van der Waals surface area contributed by atoms with E-state index in [0.717, 1.165) is 0 Å². The van der Waals surface area contributed by atoms with E-state index in [1.54, 1.807) is 0 Å². The van der Waals surface area contributed by atoms with Gasteiger partial charge in [-0.15, -0.1) is 0 Å². The molecule has 2 amide bonds. The molecule has 1 saturated heterocycles. The zero-order valence-corrected chi connectivity index (χ0v) is 8.02. The minimum absolute atomic E-state index is 0.112. The summed E-state index contributed by atoms with van der Waals surface area (Å²) in [6, 6.07) is -0.234. The molecule has 6 nitrogen and oxygen atoms in total. The van der Waals surface area contributed by atoms with Crippen LogP contribution in [0.1, 0.15) is 6.92 Å². The van der Waals surface area contributed by atoms with Crippen molar-refractivity contribution in [1.29, 1.82) is 0 Å².